The molecule has 0 heterocycles. The van der Waals surface area contributed by atoms with Gasteiger partial charge in [0.1, 0.15) is 6.04 Å². The third-order valence-electron chi connectivity index (χ3n) is 3.05. The number of amides is 1. The van der Waals surface area contributed by atoms with E-state index in [4.69, 9.17) is 5.73 Å². The summed E-state index contributed by atoms with van der Waals surface area (Å²) in [5, 5.41) is 0. The molecule has 0 bridgehead atoms. The zero-order valence-electron chi connectivity index (χ0n) is 12.2. The van der Waals surface area contributed by atoms with Gasteiger partial charge in [-0.15, -0.1) is 0 Å². The van der Waals surface area contributed by atoms with Crippen LogP contribution in [0.2, 0.25) is 0 Å². The third kappa shape index (κ3) is 5.01. The van der Waals surface area contributed by atoms with Crippen LogP contribution >= 0.6 is 0 Å². The molecule has 0 fully saturated rings. The minimum atomic E-state index is -0.560. The number of likely N-dealkylation sites (N-methyl/N-ethyl adjacent to an activating group) is 1. The Morgan fingerprint density at radius 3 is 2.32 bits per heavy atom. The number of hydrogen-bond acceptors (Lipinski definition) is 3. The van der Waals surface area contributed by atoms with Crippen LogP contribution in [0.1, 0.15) is 24.9 Å². The first-order valence-electron chi connectivity index (χ1n) is 6.80. The number of hydrogen-bond donors (Lipinski definition) is 1. The molecule has 0 aromatic heterocycles. The van der Waals surface area contributed by atoms with E-state index in [9.17, 15) is 4.79 Å². The number of rotatable bonds is 7. The van der Waals surface area contributed by atoms with Crippen molar-refractivity contribution in [2.24, 2.45) is 5.73 Å². The second-order valence-corrected chi connectivity index (χ2v) is 5.02. The molecule has 1 amide bonds. The first kappa shape index (κ1) is 15.7. The Hall–Kier alpha value is -1.39. The molecule has 4 heteroatoms. The maximum Gasteiger partial charge on any atom is 0.244 e. The van der Waals surface area contributed by atoms with Gasteiger partial charge in [0, 0.05) is 19.6 Å². The second-order valence-electron chi connectivity index (χ2n) is 5.02. The van der Waals surface area contributed by atoms with Crippen LogP contribution in [0.15, 0.2) is 30.3 Å². The smallest absolute Gasteiger partial charge is 0.244 e. The van der Waals surface area contributed by atoms with Gasteiger partial charge in [-0.2, -0.15) is 0 Å². The monoisotopic (exact) mass is 263 g/mol. The number of carbonyl (C=O) groups is 1. The summed E-state index contributed by atoms with van der Waals surface area (Å²) >= 11 is 0. The van der Waals surface area contributed by atoms with Crippen LogP contribution in [0.5, 0.6) is 0 Å². The predicted octanol–water partition coefficient (Wildman–Crippen LogP) is 1.49. The van der Waals surface area contributed by atoms with Crippen LogP contribution in [-0.4, -0.2) is 49.4 Å². The lowest BCUT2D eigenvalue weighted by Gasteiger charge is -2.26. The summed E-state index contributed by atoms with van der Waals surface area (Å²) in [5.41, 5.74) is 6.94. The lowest BCUT2D eigenvalue weighted by molar-refractivity contribution is -0.133. The summed E-state index contributed by atoms with van der Waals surface area (Å²) in [7, 11) is 4.01. The summed E-state index contributed by atoms with van der Waals surface area (Å²) in [5.74, 6) is 0.00917. The molecule has 0 unspecified atom stereocenters. The summed E-state index contributed by atoms with van der Waals surface area (Å²) < 4.78 is 0. The van der Waals surface area contributed by atoms with Crippen molar-refractivity contribution in [3.05, 3.63) is 35.9 Å². The molecule has 1 aromatic carbocycles. The van der Waals surface area contributed by atoms with E-state index in [1.54, 1.807) is 0 Å². The van der Waals surface area contributed by atoms with Gasteiger partial charge in [-0.05, 0) is 26.1 Å². The van der Waals surface area contributed by atoms with Crippen LogP contribution in [-0.2, 0) is 4.79 Å². The predicted molar refractivity (Wildman–Crippen MR) is 78.8 cm³/mol. The normalized spacial score (nSPS) is 12.5. The molecule has 0 saturated heterocycles. The van der Waals surface area contributed by atoms with Crippen LogP contribution in [0, 0.1) is 0 Å². The van der Waals surface area contributed by atoms with Gasteiger partial charge >= 0.3 is 0 Å². The molecule has 0 saturated carbocycles. The third-order valence-corrected chi connectivity index (χ3v) is 3.05. The van der Waals surface area contributed by atoms with E-state index >= 15 is 0 Å². The fourth-order valence-corrected chi connectivity index (χ4v) is 1.92. The highest BCUT2D eigenvalue weighted by Gasteiger charge is 2.21. The van der Waals surface area contributed by atoms with Crippen molar-refractivity contribution < 1.29 is 4.79 Å². The van der Waals surface area contributed by atoms with Crippen LogP contribution < -0.4 is 5.73 Å². The van der Waals surface area contributed by atoms with Crippen LogP contribution in [0.25, 0.3) is 0 Å². The highest BCUT2D eigenvalue weighted by Crippen LogP contribution is 2.13. The first-order chi connectivity index (χ1) is 9.06. The van der Waals surface area contributed by atoms with Gasteiger partial charge in [0.15, 0.2) is 0 Å². The van der Waals surface area contributed by atoms with Crippen molar-refractivity contribution in [3.8, 4) is 0 Å². The molecular formula is C15H25N3O. The zero-order chi connectivity index (χ0) is 14.3. The molecule has 0 spiro atoms. The van der Waals surface area contributed by atoms with Crippen molar-refractivity contribution in [2.45, 2.75) is 19.4 Å². The summed E-state index contributed by atoms with van der Waals surface area (Å²) in [6, 6.07) is 8.99. The van der Waals surface area contributed by atoms with Crippen LogP contribution in [0.3, 0.4) is 0 Å². The van der Waals surface area contributed by atoms with E-state index in [1.165, 1.54) is 0 Å². The van der Waals surface area contributed by atoms with Crippen molar-refractivity contribution in [1.29, 1.82) is 0 Å². The molecule has 19 heavy (non-hydrogen) atoms. The highest BCUT2D eigenvalue weighted by molar-refractivity contribution is 5.83. The fourth-order valence-electron chi connectivity index (χ4n) is 1.92. The average molecular weight is 263 g/mol. The maximum absolute atomic E-state index is 12.4. The molecule has 0 radical (unpaired) electrons. The van der Waals surface area contributed by atoms with E-state index in [-0.39, 0.29) is 5.91 Å². The molecule has 106 valence electrons. The van der Waals surface area contributed by atoms with Crippen molar-refractivity contribution in [2.75, 3.05) is 33.7 Å². The van der Waals surface area contributed by atoms with E-state index in [1.807, 2.05) is 49.3 Å². The van der Waals surface area contributed by atoms with Gasteiger partial charge in [0.05, 0.1) is 0 Å². The minimum absolute atomic E-state index is 0.00917. The molecule has 0 aliphatic rings. The Morgan fingerprint density at radius 2 is 1.79 bits per heavy atom. The lowest BCUT2D eigenvalue weighted by atomic mass is 10.1. The molecule has 0 aliphatic heterocycles. The quantitative estimate of drug-likeness (QED) is 0.811. The molecule has 2 N–H and O–H groups in total. The molecule has 4 nitrogen and oxygen atoms in total. The minimum Gasteiger partial charge on any atom is -0.340 e. The Balaban J connectivity index is 2.70. The molecule has 1 atom stereocenters. The Bertz CT molecular complexity index is 378. The fraction of sp³-hybridized carbons (Fsp3) is 0.533. The van der Waals surface area contributed by atoms with Crippen LogP contribution in [0.4, 0.5) is 0 Å². The SMILES string of the molecule is CCCN(CCN(C)C)C(=O)[C@@H](N)c1ccccc1. The molecule has 0 aliphatic carbocycles. The number of nitrogens with two attached hydrogens (primary N) is 1. The van der Waals surface area contributed by atoms with Crippen molar-refractivity contribution >= 4 is 5.91 Å². The van der Waals surface area contributed by atoms with Gasteiger partial charge in [-0.3, -0.25) is 4.79 Å². The van der Waals surface area contributed by atoms with E-state index in [0.717, 1.165) is 31.6 Å². The Labute approximate surface area is 116 Å². The van der Waals surface area contributed by atoms with Gasteiger partial charge in [0.2, 0.25) is 5.91 Å². The van der Waals surface area contributed by atoms with Gasteiger partial charge in [0.25, 0.3) is 0 Å². The second kappa shape index (κ2) is 7.92. The maximum atomic E-state index is 12.4. The van der Waals surface area contributed by atoms with Crippen molar-refractivity contribution in [3.63, 3.8) is 0 Å². The van der Waals surface area contributed by atoms with Gasteiger partial charge in [-0.1, -0.05) is 37.3 Å². The number of carbonyl (C=O) groups excluding carboxylic acids is 1. The topological polar surface area (TPSA) is 49.6 Å². The van der Waals surface area contributed by atoms with E-state index in [2.05, 4.69) is 11.8 Å². The lowest BCUT2D eigenvalue weighted by Crippen LogP contribution is -2.42. The average Bonchev–Trinajstić information content (AvgIpc) is 2.42. The van der Waals surface area contributed by atoms with Gasteiger partial charge in [-0.25, -0.2) is 0 Å². The van der Waals surface area contributed by atoms with E-state index in [0.29, 0.717) is 0 Å². The number of nitrogens with zero attached hydrogens (tertiary/aromatic N) is 2. The van der Waals surface area contributed by atoms with E-state index < -0.39 is 6.04 Å². The largest absolute Gasteiger partial charge is 0.340 e. The Morgan fingerprint density at radius 1 is 1.16 bits per heavy atom. The molecule has 1 aromatic rings. The standard InChI is InChI=1S/C15H25N3O/c1-4-10-18(12-11-17(2)3)15(19)14(16)13-8-6-5-7-9-13/h5-9,14H,4,10-12,16H2,1-3H3/t14-/m0/s1. The highest BCUT2D eigenvalue weighted by atomic mass is 16.2. The Kier molecular flexibility index (Phi) is 6.53. The zero-order valence-corrected chi connectivity index (χ0v) is 12.2. The summed E-state index contributed by atoms with van der Waals surface area (Å²) in [4.78, 5) is 16.4. The van der Waals surface area contributed by atoms with Gasteiger partial charge < -0.3 is 15.5 Å². The summed E-state index contributed by atoms with van der Waals surface area (Å²) in [6.07, 6.45) is 0.945. The van der Waals surface area contributed by atoms with Crippen molar-refractivity contribution in [1.82, 2.24) is 9.80 Å². The molecular weight excluding hydrogens is 238 g/mol. The first-order valence-corrected chi connectivity index (χ1v) is 6.80. The number of benzene rings is 1. The molecule has 1 rings (SSSR count). The summed E-state index contributed by atoms with van der Waals surface area (Å²) in [6.45, 7) is 4.41.